The molecule has 16 heavy (non-hydrogen) atoms. The molecule has 0 bridgehead atoms. The minimum absolute atomic E-state index is 0.245. The van der Waals surface area contributed by atoms with Gasteiger partial charge in [-0.15, -0.1) is 5.47 Å². The second-order valence-corrected chi connectivity index (χ2v) is 3.42. The highest BCUT2D eigenvalue weighted by Crippen LogP contribution is 2.27. The highest BCUT2D eigenvalue weighted by molar-refractivity contribution is 6.67. The predicted octanol–water partition coefficient (Wildman–Crippen LogP) is 2.09. The predicted molar refractivity (Wildman–Crippen MR) is 44.4 cm³/mol. The lowest BCUT2D eigenvalue weighted by Gasteiger charge is -2.30. The first-order valence-corrected chi connectivity index (χ1v) is 4.35. The van der Waals surface area contributed by atoms with Crippen molar-refractivity contribution in [2.75, 3.05) is 13.1 Å². The molecule has 1 rings (SSSR count). The summed E-state index contributed by atoms with van der Waals surface area (Å²) in [6, 6.07) is 0. The zero-order valence-electron chi connectivity index (χ0n) is 7.90. The van der Waals surface area contributed by atoms with E-state index in [0.29, 0.717) is 4.90 Å². The topological polar surface area (TPSA) is 20.3 Å². The fraction of sp³-hybridized carbons (Fsp3) is 0.571. The van der Waals surface area contributed by atoms with Crippen LogP contribution in [0.5, 0.6) is 0 Å². The molecule has 0 saturated carbocycles. The van der Waals surface area contributed by atoms with Crippen LogP contribution < -0.4 is 0 Å². The van der Waals surface area contributed by atoms with Gasteiger partial charge in [-0.25, -0.2) is 0 Å². The average molecular weight is 246 g/mol. The Bertz CT molecular complexity index is 320. The number of rotatable bonds is 2. The van der Waals surface area contributed by atoms with E-state index in [0.717, 1.165) is 0 Å². The Balaban J connectivity index is 2.73. The number of alkyl halides is 3. The molecule has 0 aromatic heterocycles. The SMILES string of the molecule is O=C1C=C([B-](F)(F)F)CCN1CC(F)(F)F. The van der Waals surface area contributed by atoms with Crippen LogP contribution in [0.25, 0.3) is 0 Å². The van der Waals surface area contributed by atoms with E-state index in [1.165, 1.54) is 0 Å². The van der Waals surface area contributed by atoms with Crippen LogP contribution >= 0.6 is 0 Å². The van der Waals surface area contributed by atoms with Gasteiger partial charge in [0.05, 0.1) is 0 Å². The van der Waals surface area contributed by atoms with Gasteiger partial charge in [-0.1, -0.05) is 0 Å². The van der Waals surface area contributed by atoms with Gasteiger partial charge in [-0.2, -0.15) is 13.2 Å². The molecule has 0 aliphatic carbocycles. The summed E-state index contributed by atoms with van der Waals surface area (Å²) in [6.07, 6.45) is -4.93. The van der Waals surface area contributed by atoms with Crippen molar-refractivity contribution in [2.45, 2.75) is 12.6 Å². The average Bonchev–Trinajstić information content (AvgIpc) is 2.04. The van der Waals surface area contributed by atoms with Gasteiger partial charge in [0, 0.05) is 6.54 Å². The second kappa shape index (κ2) is 4.02. The molecule has 2 nitrogen and oxygen atoms in total. The lowest BCUT2D eigenvalue weighted by atomic mass is 9.75. The van der Waals surface area contributed by atoms with Crippen molar-refractivity contribution < 1.29 is 30.9 Å². The van der Waals surface area contributed by atoms with E-state index in [9.17, 15) is 30.9 Å². The molecular weight excluding hydrogens is 239 g/mol. The zero-order valence-corrected chi connectivity index (χ0v) is 7.90. The lowest BCUT2D eigenvalue weighted by Crippen LogP contribution is -2.42. The molecule has 0 N–H and O–H groups in total. The fourth-order valence-corrected chi connectivity index (χ4v) is 1.33. The Morgan fingerprint density at radius 1 is 1.31 bits per heavy atom. The van der Waals surface area contributed by atoms with Crippen LogP contribution in [-0.4, -0.2) is 37.1 Å². The molecule has 0 atom stereocenters. The molecular formula is C7H7BF6NO-. The summed E-state index contributed by atoms with van der Waals surface area (Å²) in [7, 11) is 0. The standard InChI is InChI=1S/C7H7BF6NO/c9-7(10,11)4-15-2-1-5(3-6(15)16)8(12,13)14/h3H,1-2,4H2/q-1. The van der Waals surface area contributed by atoms with Crippen molar-refractivity contribution in [3.8, 4) is 0 Å². The summed E-state index contributed by atoms with van der Waals surface area (Å²) >= 11 is 0. The number of halogens is 6. The fourth-order valence-electron chi connectivity index (χ4n) is 1.33. The molecule has 0 unspecified atom stereocenters. The number of carbonyl (C=O) groups excluding carboxylic acids is 1. The highest BCUT2D eigenvalue weighted by Gasteiger charge is 2.37. The largest absolute Gasteiger partial charge is 0.505 e. The maximum atomic E-state index is 12.2. The van der Waals surface area contributed by atoms with Crippen LogP contribution in [0.2, 0.25) is 0 Å². The van der Waals surface area contributed by atoms with E-state index in [-0.39, 0.29) is 6.08 Å². The molecule has 9 heteroatoms. The van der Waals surface area contributed by atoms with Crippen LogP contribution in [0.4, 0.5) is 26.1 Å². The first kappa shape index (κ1) is 12.9. The van der Waals surface area contributed by atoms with Gasteiger partial charge in [-0.3, -0.25) is 4.79 Å². The first-order valence-electron chi connectivity index (χ1n) is 4.35. The molecule has 1 heterocycles. The van der Waals surface area contributed by atoms with E-state index >= 15 is 0 Å². The van der Waals surface area contributed by atoms with Gasteiger partial charge in [0.25, 0.3) is 0 Å². The van der Waals surface area contributed by atoms with E-state index in [2.05, 4.69) is 0 Å². The molecule has 0 saturated heterocycles. The molecule has 1 aliphatic heterocycles. The smallest absolute Gasteiger partial charge is 0.445 e. The van der Waals surface area contributed by atoms with Gasteiger partial charge in [0.15, 0.2) is 0 Å². The molecule has 1 aliphatic rings. The van der Waals surface area contributed by atoms with E-state index in [1.54, 1.807) is 0 Å². The van der Waals surface area contributed by atoms with Crippen molar-refractivity contribution in [3.05, 3.63) is 11.5 Å². The van der Waals surface area contributed by atoms with E-state index < -0.39 is 44.0 Å². The Labute approximate surface area is 87.0 Å². The Morgan fingerprint density at radius 2 is 1.88 bits per heavy atom. The van der Waals surface area contributed by atoms with Crippen LogP contribution in [0, 0.1) is 0 Å². The maximum absolute atomic E-state index is 12.2. The van der Waals surface area contributed by atoms with Crippen molar-refractivity contribution in [1.29, 1.82) is 0 Å². The van der Waals surface area contributed by atoms with Crippen molar-refractivity contribution in [2.24, 2.45) is 0 Å². The van der Waals surface area contributed by atoms with Gasteiger partial charge < -0.3 is 17.8 Å². The number of carbonyl (C=O) groups is 1. The van der Waals surface area contributed by atoms with Crippen molar-refractivity contribution >= 4 is 12.9 Å². The molecule has 92 valence electrons. The zero-order chi connectivity index (χ0) is 12.6. The Morgan fingerprint density at radius 3 is 2.25 bits per heavy atom. The summed E-state index contributed by atoms with van der Waals surface area (Å²) in [5, 5.41) is 0. The third kappa shape index (κ3) is 3.46. The van der Waals surface area contributed by atoms with Crippen LogP contribution in [0.15, 0.2) is 11.5 Å². The van der Waals surface area contributed by atoms with Crippen LogP contribution in [-0.2, 0) is 4.79 Å². The summed E-state index contributed by atoms with van der Waals surface area (Å²) in [6.45, 7) is -7.35. The number of nitrogens with zero attached hydrogens (tertiary/aromatic N) is 1. The maximum Gasteiger partial charge on any atom is 0.505 e. The van der Waals surface area contributed by atoms with Crippen molar-refractivity contribution in [3.63, 3.8) is 0 Å². The van der Waals surface area contributed by atoms with Gasteiger partial charge in [0.2, 0.25) is 5.91 Å². The summed E-state index contributed by atoms with van der Waals surface area (Å²) in [4.78, 5) is 11.3. The number of hydrogen-bond acceptors (Lipinski definition) is 1. The molecule has 0 aromatic rings. The Hall–Kier alpha value is -1.15. The third-order valence-corrected chi connectivity index (χ3v) is 2.08. The Kier molecular flexibility index (Phi) is 3.25. The quantitative estimate of drug-likeness (QED) is 0.539. The van der Waals surface area contributed by atoms with Crippen molar-refractivity contribution in [1.82, 2.24) is 4.90 Å². The normalized spacial score (nSPS) is 18.8. The van der Waals surface area contributed by atoms with E-state index in [4.69, 9.17) is 0 Å². The number of amides is 1. The van der Waals surface area contributed by atoms with Crippen LogP contribution in [0.3, 0.4) is 0 Å². The van der Waals surface area contributed by atoms with Crippen LogP contribution in [0.1, 0.15) is 6.42 Å². The third-order valence-electron chi connectivity index (χ3n) is 2.08. The van der Waals surface area contributed by atoms with E-state index in [1.807, 2.05) is 0 Å². The molecule has 0 aromatic carbocycles. The highest BCUT2D eigenvalue weighted by atomic mass is 19.4. The lowest BCUT2D eigenvalue weighted by molar-refractivity contribution is -0.158. The minimum atomic E-state index is -5.28. The number of hydrogen-bond donors (Lipinski definition) is 0. The van der Waals surface area contributed by atoms with Gasteiger partial charge in [-0.05, 0) is 12.5 Å². The molecule has 0 radical (unpaired) electrons. The first-order chi connectivity index (χ1) is 7.09. The molecule has 0 fully saturated rings. The summed E-state index contributed by atoms with van der Waals surface area (Å²) in [5.41, 5.74) is -1.02. The molecule has 0 spiro atoms. The second-order valence-electron chi connectivity index (χ2n) is 3.42. The van der Waals surface area contributed by atoms with Gasteiger partial charge in [0.1, 0.15) is 6.54 Å². The monoisotopic (exact) mass is 246 g/mol. The minimum Gasteiger partial charge on any atom is -0.445 e. The molecule has 1 amide bonds. The summed E-state index contributed by atoms with van der Waals surface area (Å²) in [5.74, 6) is -1.24. The van der Waals surface area contributed by atoms with Gasteiger partial charge >= 0.3 is 13.2 Å². The summed E-state index contributed by atoms with van der Waals surface area (Å²) < 4.78 is 72.3.